The van der Waals surface area contributed by atoms with E-state index in [1.165, 1.54) is 0 Å². The fraction of sp³-hybridized carbons (Fsp3) is 0.0625. The van der Waals surface area contributed by atoms with Crippen LogP contribution in [0.15, 0.2) is 61.1 Å². The Bertz CT molecular complexity index is 691. The van der Waals surface area contributed by atoms with Crippen LogP contribution in [0.3, 0.4) is 0 Å². The molecule has 0 fully saturated rings. The van der Waals surface area contributed by atoms with Crippen molar-refractivity contribution in [1.29, 1.82) is 0 Å². The molecule has 2 nitrogen and oxygen atoms in total. The Hall–Kier alpha value is -1.77. The average Bonchev–Trinajstić information content (AvgIpc) is 2.97. The molecule has 0 radical (unpaired) electrons. The molecule has 1 heterocycles. The number of rotatable bonds is 3. The Morgan fingerprint density at radius 3 is 2.35 bits per heavy atom. The lowest BCUT2D eigenvalue weighted by atomic mass is 9.89. The van der Waals surface area contributed by atoms with Crippen molar-refractivity contribution in [3.8, 4) is 0 Å². The molecule has 0 saturated heterocycles. The molecule has 3 aromatic rings. The lowest BCUT2D eigenvalue weighted by Gasteiger charge is -2.18. The fourth-order valence-corrected chi connectivity index (χ4v) is 2.69. The van der Waals surface area contributed by atoms with E-state index >= 15 is 0 Å². The number of nitrogens with zero attached hydrogens (tertiary/aromatic N) is 1. The Kier molecular flexibility index (Phi) is 3.77. The third-order valence-corrected chi connectivity index (χ3v) is 3.85. The van der Waals surface area contributed by atoms with Gasteiger partial charge in [-0.2, -0.15) is 0 Å². The number of imidazole rings is 1. The number of hydrogen-bond donors (Lipinski definition) is 1. The van der Waals surface area contributed by atoms with E-state index in [4.69, 9.17) is 23.2 Å². The largest absolute Gasteiger partial charge is 0.348 e. The first-order valence-electron chi connectivity index (χ1n) is 6.24. The summed E-state index contributed by atoms with van der Waals surface area (Å²) in [6.07, 6.45) is 3.50. The molecule has 2 aromatic carbocycles. The van der Waals surface area contributed by atoms with Crippen molar-refractivity contribution in [2.45, 2.75) is 5.92 Å². The Balaban J connectivity index is 2.14. The van der Waals surface area contributed by atoms with Crippen molar-refractivity contribution < 1.29 is 0 Å². The molecule has 0 bridgehead atoms. The highest BCUT2D eigenvalue weighted by Gasteiger charge is 2.20. The van der Waals surface area contributed by atoms with Crippen LogP contribution in [0.5, 0.6) is 0 Å². The molecule has 20 heavy (non-hydrogen) atoms. The third kappa shape index (κ3) is 2.58. The maximum atomic E-state index is 6.36. The van der Waals surface area contributed by atoms with Gasteiger partial charge in [-0.25, -0.2) is 4.98 Å². The Morgan fingerprint density at radius 1 is 0.950 bits per heavy atom. The van der Waals surface area contributed by atoms with Crippen molar-refractivity contribution >= 4 is 23.2 Å². The van der Waals surface area contributed by atoms with Crippen LogP contribution in [0.4, 0.5) is 0 Å². The van der Waals surface area contributed by atoms with E-state index in [1.807, 2.05) is 54.7 Å². The number of hydrogen-bond acceptors (Lipinski definition) is 1. The van der Waals surface area contributed by atoms with E-state index in [-0.39, 0.29) is 5.92 Å². The number of H-pyrrole nitrogens is 1. The van der Waals surface area contributed by atoms with E-state index in [2.05, 4.69) is 9.97 Å². The summed E-state index contributed by atoms with van der Waals surface area (Å²) < 4.78 is 0. The molecule has 3 rings (SSSR count). The maximum Gasteiger partial charge on any atom is 0.0922 e. The van der Waals surface area contributed by atoms with Crippen LogP contribution in [0.25, 0.3) is 0 Å². The topological polar surface area (TPSA) is 28.7 Å². The zero-order valence-electron chi connectivity index (χ0n) is 10.6. The quantitative estimate of drug-likeness (QED) is 0.732. The van der Waals surface area contributed by atoms with Gasteiger partial charge in [0.1, 0.15) is 0 Å². The second-order valence-corrected chi connectivity index (χ2v) is 5.36. The van der Waals surface area contributed by atoms with Crippen LogP contribution in [-0.4, -0.2) is 9.97 Å². The van der Waals surface area contributed by atoms with Gasteiger partial charge in [0.15, 0.2) is 0 Å². The van der Waals surface area contributed by atoms with E-state index in [9.17, 15) is 0 Å². The molecule has 1 aromatic heterocycles. The third-order valence-electron chi connectivity index (χ3n) is 3.25. The molecule has 1 unspecified atom stereocenters. The molecule has 0 amide bonds. The second-order valence-electron chi connectivity index (χ2n) is 4.51. The first kappa shape index (κ1) is 13.2. The van der Waals surface area contributed by atoms with Gasteiger partial charge in [0.25, 0.3) is 0 Å². The normalized spacial score (nSPS) is 12.3. The van der Waals surface area contributed by atoms with Crippen molar-refractivity contribution in [3.63, 3.8) is 0 Å². The van der Waals surface area contributed by atoms with Crippen molar-refractivity contribution in [2.75, 3.05) is 0 Å². The number of benzene rings is 2. The molecule has 1 atom stereocenters. The van der Waals surface area contributed by atoms with Gasteiger partial charge < -0.3 is 4.98 Å². The molecule has 0 aliphatic rings. The van der Waals surface area contributed by atoms with E-state index in [0.29, 0.717) is 0 Å². The van der Waals surface area contributed by atoms with Crippen molar-refractivity contribution in [2.24, 2.45) is 0 Å². The second kappa shape index (κ2) is 5.70. The summed E-state index contributed by atoms with van der Waals surface area (Å²) in [4.78, 5) is 7.29. The highest BCUT2D eigenvalue weighted by atomic mass is 35.5. The highest BCUT2D eigenvalue weighted by molar-refractivity contribution is 6.31. The predicted octanol–water partition coefficient (Wildman–Crippen LogP) is 4.90. The first-order chi connectivity index (χ1) is 9.75. The zero-order chi connectivity index (χ0) is 13.9. The van der Waals surface area contributed by atoms with E-state index in [0.717, 1.165) is 26.9 Å². The molecule has 0 aliphatic heterocycles. The summed E-state index contributed by atoms with van der Waals surface area (Å²) in [6.45, 7) is 0. The predicted molar refractivity (Wildman–Crippen MR) is 82.4 cm³/mol. The molecule has 100 valence electrons. The Morgan fingerprint density at radius 2 is 1.70 bits per heavy atom. The fourth-order valence-electron chi connectivity index (χ4n) is 2.32. The summed E-state index contributed by atoms with van der Waals surface area (Å²) in [5, 5.41) is 1.46. The number of aromatic nitrogens is 2. The monoisotopic (exact) mass is 302 g/mol. The van der Waals surface area contributed by atoms with Crippen LogP contribution in [0.2, 0.25) is 10.0 Å². The first-order valence-corrected chi connectivity index (χ1v) is 6.99. The Labute approximate surface area is 127 Å². The van der Waals surface area contributed by atoms with E-state index in [1.54, 1.807) is 6.33 Å². The van der Waals surface area contributed by atoms with Crippen molar-refractivity contribution in [3.05, 3.63) is 87.9 Å². The zero-order valence-corrected chi connectivity index (χ0v) is 12.1. The highest BCUT2D eigenvalue weighted by Crippen LogP contribution is 2.35. The SMILES string of the molecule is Clc1ccc(C(c2cnc[nH]2)c2ccccc2Cl)cc1. The maximum absolute atomic E-state index is 6.36. The average molecular weight is 303 g/mol. The molecule has 0 aliphatic carbocycles. The summed E-state index contributed by atoms with van der Waals surface area (Å²) in [6, 6.07) is 15.6. The van der Waals surface area contributed by atoms with Gasteiger partial charge in [-0.15, -0.1) is 0 Å². The lowest BCUT2D eigenvalue weighted by Crippen LogP contribution is -2.04. The molecular formula is C16H12Cl2N2. The van der Waals surface area contributed by atoms with Gasteiger partial charge >= 0.3 is 0 Å². The van der Waals surface area contributed by atoms with Gasteiger partial charge in [-0.1, -0.05) is 53.5 Å². The minimum Gasteiger partial charge on any atom is -0.348 e. The van der Waals surface area contributed by atoms with Gasteiger partial charge in [0.2, 0.25) is 0 Å². The van der Waals surface area contributed by atoms with E-state index < -0.39 is 0 Å². The van der Waals surface area contributed by atoms with Gasteiger partial charge in [0, 0.05) is 21.9 Å². The van der Waals surface area contributed by atoms with Crippen LogP contribution in [0.1, 0.15) is 22.7 Å². The van der Waals surface area contributed by atoms with Crippen molar-refractivity contribution in [1.82, 2.24) is 9.97 Å². The molecule has 4 heteroatoms. The van der Waals surface area contributed by atoms with Gasteiger partial charge in [-0.05, 0) is 29.3 Å². The molecule has 0 saturated carbocycles. The number of halogens is 2. The number of nitrogens with one attached hydrogen (secondary N) is 1. The molecular weight excluding hydrogens is 291 g/mol. The van der Waals surface area contributed by atoms with Gasteiger partial charge in [0.05, 0.1) is 12.2 Å². The summed E-state index contributed by atoms with van der Waals surface area (Å²) in [5.41, 5.74) is 3.16. The lowest BCUT2D eigenvalue weighted by molar-refractivity contribution is 0.933. The van der Waals surface area contributed by atoms with Crippen LogP contribution in [-0.2, 0) is 0 Å². The molecule has 1 N–H and O–H groups in total. The summed E-state index contributed by atoms with van der Waals surface area (Å²) >= 11 is 12.3. The summed E-state index contributed by atoms with van der Waals surface area (Å²) in [5.74, 6) is 0.0171. The van der Waals surface area contributed by atoms with Crippen LogP contribution >= 0.6 is 23.2 Å². The minimum absolute atomic E-state index is 0.0171. The van der Waals surface area contributed by atoms with Crippen LogP contribution < -0.4 is 0 Å². The summed E-state index contributed by atoms with van der Waals surface area (Å²) in [7, 11) is 0. The smallest absolute Gasteiger partial charge is 0.0922 e. The molecule has 0 spiro atoms. The number of aromatic amines is 1. The van der Waals surface area contributed by atoms with Gasteiger partial charge in [-0.3, -0.25) is 0 Å². The standard InChI is InChI=1S/C16H12Cl2N2/c17-12-7-5-11(6-8-12)16(15-9-19-10-20-15)13-3-1-2-4-14(13)18/h1-10,16H,(H,19,20). The minimum atomic E-state index is 0.0171. The van der Waals surface area contributed by atoms with Crippen LogP contribution in [0, 0.1) is 0 Å².